The van der Waals surface area contributed by atoms with Crippen LogP contribution < -0.4 is 5.32 Å². The maximum absolute atomic E-state index is 13.0. The average molecular weight is 455 g/mol. The Hall–Kier alpha value is -2.70. The number of rotatable bonds is 5. The van der Waals surface area contributed by atoms with Gasteiger partial charge in [-0.25, -0.2) is 4.79 Å². The van der Waals surface area contributed by atoms with Crippen LogP contribution in [0.2, 0.25) is 0 Å². The maximum Gasteiger partial charge on any atom is 0.338 e. The molecule has 1 aromatic carbocycles. The highest BCUT2D eigenvalue weighted by Gasteiger charge is 2.40. The number of amides is 3. The molecule has 1 heterocycles. The zero-order valence-corrected chi connectivity index (χ0v) is 19.8. The summed E-state index contributed by atoms with van der Waals surface area (Å²) >= 11 is 0. The highest BCUT2D eigenvalue weighted by molar-refractivity contribution is 6.22. The van der Waals surface area contributed by atoms with Gasteiger partial charge in [-0.1, -0.05) is 46.0 Å². The molecule has 7 nitrogen and oxygen atoms in total. The van der Waals surface area contributed by atoms with E-state index in [1.165, 1.54) is 23.1 Å². The first-order chi connectivity index (χ1) is 15.8. The number of ether oxygens (including phenoxy) is 1. The third kappa shape index (κ3) is 4.68. The van der Waals surface area contributed by atoms with Crippen LogP contribution in [0.25, 0.3) is 0 Å². The fourth-order valence-electron chi connectivity index (χ4n) is 5.43. The van der Waals surface area contributed by atoms with Crippen LogP contribution in [0, 0.1) is 11.8 Å². The fourth-order valence-corrected chi connectivity index (χ4v) is 5.43. The standard InChI is InChI=1S/C26H34N2O5/c1-15-8-7-11-22(16(15)2)27-23(29)17(3)33-26(32)18-12-13-20-21(14-18)25(31)28(24(20)30)19-9-5-4-6-10-19/h12-17,19,22H,4-11H2,1-3H3,(H,27,29)/t15-,16+,17+,22+/m0/s1. The Kier molecular flexibility index (Phi) is 6.86. The molecule has 2 aliphatic carbocycles. The van der Waals surface area contributed by atoms with Crippen LogP contribution in [-0.4, -0.2) is 46.8 Å². The molecule has 0 unspecified atom stereocenters. The molecule has 3 amide bonds. The van der Waals surface area contributed by atoms with Crippen molar-refractivity contribution in [2.24, 2.45) is 11.8 Å². The van der Waals surface area contributed by atoms with Gasteiger partial charge in [0.1, 0.15) is 0 Å². The smallest absolute Gasteiger partial charge is 0.338 e. The minimum absolute atomic E-state index is 0.0739. The van der Waals surface area contributed by atoms with Crippen LogP contribution in [0.1, 0.15) is 103 Å². The van der Waals surface area contributed by atoms with Crippen molar-refractivity contribution in [3.63, 3.8) is 0 Å². The van der Waals surface area contributed by atoms with Crippen LogP contribution in [0.15, 0.2) is 18.2 Å². The van der Waals surface area contributed by atoms with E-state index in [0.717, 1.165) is 51.4 Å². The van der Waals surface area contributed by atoms with Crippen molar-refractivity contribution >= 4 is 23.7 Å². The van der Waals surface area contributed by atoms with E-state index in [2.05, 4.69) is 19.2 Å². The highest BCUT2D eigenvalue weighted by atomic mass is 16.5. The van der Waals surface area contributed by atoms with Crippen LogP contribution in [-0.2, 0) is 9.53 Å². The van der Waals surface area contributed by atoms with E-state index in [4.69, 9.17) is 4.74 Å². The van der Waals surface area contributed by atoms with Gasteiger partial charge in [0, 0.05) is 12.1 Å². The van der Waals surface area contributed by atoms with Gasteiger partial charge in [-0.15, -0.1) is 0 Å². The van der Waals surface area contributed by atoms with Crippen LogP contribution in [0.3, 0.4) is 0 Å². The molecule has 1 aliphatic heterocycles. The van der Waals surface area contributed by atoms with Crippen molar-refractivity contribution in [1.29, 1.82) is 0 Å². The Bertz CT molecular complexity index is 952. The SMILES string of the molecule is C[C@@H]1[C@@H](C)CCC[C@H]1NC(=O)[C@@H](C)OC(=O)c1ccc2c(c1)C(=O)N(C1CCCCC1)C2=O. The normalized spacial score (nSPS) is 26.6. The van der Waals surface area contributed by atoms with Gasteiger partial charge >= 0.3 is 5.97 Å². The second-order valence-corrected chi connectivity index (χ2v) is 9.96. The van der Waals surface area contributed by atoms with E-state index in [9.17, 15) is 19.2 Å². The van der Waals surface area contributed by atoms with Crippen molar-refractivity contribution in [2.45, 2.75) is 90.3 Å². The Labute approximate surface area is 195 Å². The molecule has 3 aliphatic rings. The summed E-state index contributed by atoms with van der Waals surface area (Å²) in [6.45, 7) is 5.89. The second-order valence-electron chi connectivity index (χ2n) is 9.96. The number of nitrogens with one attached hydrogen (secondary N) is 1. The lowest BCUT2D eigenvalue weighted by Gasteiger charge is -2.35. The van der Waals surface area contributed by atoms with Crippen molar-refractivity contribution in [1.82, 2.24) is 10.2 Å². The van der Waals surface area contributed by atoms with Crippen molar-refractivity contribution in [3.8, 4) is 0 Å². The topological polar surface area (TPSA) is 92.8 Å². The summed E-state index contributed by atoms with van der Waals surface area (Å²) in [6, 6.07) is 4.44. The minimum atomic E-state index is -0.953. The molecule has 7 heteroatoms. The van der Waals surface area contributed by atoms with Gasteiger partial charge in [0.15, 0.2) is 6.10 Å². The number of hydrogen-bond donors (Lipinski definition) is 1. The molecular formula is C26H34N2O5. The van der Waals surface area contributed by atoms with Crippen LogP contribution in [0.4, 0.5) is 0 Å². The summed E-state index contributed by atoms with van der Waals surface area (Å²) in [6.07, 6.45) is 7.00. The van der Waals surface area contributed by atoms with Crippen LogP contribution in [0.5, 0.6) is 0 Å². The lowest BCUT2D eigenvalue weighted by molar-refractivity contribution is -0.130. The predicted molar refractivity (Wildman–Crippen MR) is 123 cm³/mol. The predicted octanol–water partition coefficient (Wildman–Crippen LogP) is 4.10. The lowest BCUT2D eigenvalue weighted by Crippen LogP contribution is -2.47. The summed E-state index contributed by atoms with van der Waals surface area (Å²) < 4.78 is 5.41. The molecule has 2 fully saturated rings. The quantitative estimate of drug-likeness (QED) is 0.534. The first kappa shape index (κ1) is 23.5. The third-order valence-electron chi connectivity index (χ3n) is 7.78. The van der Waals surface area contributed by atoms with E-state index >= 15 is 0 Å². The second kappa shape index (κ2) is 9.65. The fraction of sp³-hybridized carbons (Fsp3) is 0.615. The molecule has 33 heavy (non-hydrogen) atoms. The van der Waals surface area contributed by atoms with Crippen LogP contribution >= 0.6 is 0 Å². The van der Waals surface area contributed by atoms with E-state index < -0.39 is 12.1 Å². The summed E-state index contributed by atoms with van der Waals surface area (Å²) in [5.74, 6) is -0.708. The molecule has 0 spiro atoms. The molecule has 178 valence electrons. The van der Waals surface area contributed by atoms with Gasteiger partial charge in [0.2, 0.25) is 0 Å². The number of carbonyl (C=O) groups is 4. The van der Waals surface area contributed by atoms with E-state index in [-0.39, 0.29) is 40.9 Å². The summed E-state index contributed by atoms with van der Waals surface area (Å²) in [4.78, 5) is 52.5. The van der Waals surface area contributed by atoms with Crippen molar-refractivity contribution in [2.75, 3.05) is 0 Å². The first-order valence-corrected chi connectivity index (χ1v) is 12.3. The molecule has 0 radical (unpaired) electrons. The molecular weight excluding hydrogens is 420 g/mol. The van der Waals surface area contributed by atoms with Gasteiger partial charge < -0.3 is 10.1 Å². The Morgan fingerprint density at radius 3 is 2.39 bits per heavy atom. The Morgan fingerprint density at radius 2 is 1.67 bits per heavy atom. The average Bonchev–Trinajstić information content (AvgIpc) is 3.06. The maximum atomic E-state index is 13.0. The minimum Gasteiger partial charge on any atom is -0.449 e. The number of nitrogens with zero attached hydrogens (tertiary/aromatic N) is 1. The summed E-state index contributed by atoms with van der Waals surface area (Å²) in [5, 5.41) is 3.03. The number of imide groups is 1. The monoisotopic (exact) mass is 454 g/mol. The van der Waals surface area contributed by atoms with Crippen molar-refractivity contribution in [3.05, 3.63) is 34.9 Å². The molecule has 2 saturated carbocycles. The summed E-state index contributed by atoms with van der Waals surface area (Å²) in [5.41, 5.74) is 0.732. The molecule has 0 bridgehead atoms. The van der Waals surface area contributed by atoms with E-state index in [1.54, 1.807) is 6.92 Å². The number of esters is 1. The van der Waals surface area contributed by atoms with Gasteiger partial charge in [0.25, 0.3) is 17.7 Å². The zero-order chi connectivity index (χ0) is 23.7. The van der Waals surface area contributed by atoms with Gasteiger partial charge in [0.05, 0.1) is 16.7 Å². The molecule has 4 rings (SSSR count). The van der Waals surface area contributed by atoms with Gasteiger partial charge in [-0.3, -0.25) is 19.3 Å². The first-order valence-electron chi connectivity index (χ1n) is 12.3. The lowest BCUT2D eigenvalue weighted by atomic mass is 9.78. The van der Waals surface area contributed by atoms with E-state index in [1.807, 2.05) is 0 Å². The van der Waals surface area contributed by atoms with Gasteiger partial charge in [-0.05, 0) is 56.2 Å². The Balaban J connectivity index is 1.41. The zero-order valence-electron chi connectivity index (χ0n) is 19.8. The van der Waals surface area contributed by atoms with Crippen molar-refractivity contribution < 1.29 is 23.9 Å². The van der Waals surface area contributed by atoms with E-state index in [0.29, 0.717) is 17.4 Å². The number of carbonyl (C=O) groups excluding carboxylic acids is 4. The molecule has 1 N–H and O–H groups in total. The highest BCUT2D eigenvalue weighted by Crippen LogP contribution is 2.32. The number of hydrogen-bond acceptors (Lipinski definition) is 5. The molecule has 4 atom stereocenters. The number of benzene rings is 1. The third-order valence-corrected chi connectivity index (χ3v) is 7.78. The molecule has 1 aromatic rings. The van der Waals surface area contributed by atoms with Gasteiger partial charge in [-0.2, -0.15) is 0 Å². The largest absolute Gasteiger partial charge is 0.449 e. The molecule has 0 aromatic heterocycles. The molecule has 0 saturated heterocycles. The summed E-state index contributed by atoms with van der Waals surface area (Å²) in [7, 11) is 0. The Morgan fingerprint density at radius 1 is 0.970 bits per heavy atom. The number of fused-ring (bicyclic) bond motifs is 1.